The van der Waals surface area contributed by atoms with Crippen LogP contribution in [0.5, 0.6) is 11.5 Å². The van der Waals surface area contributed by atoms with Crippen LogP contribution in [0, 0.1) is 0 Å². The average Bonchev–Trinajstić information content (AvgIpc) is 3.11. The molecule has 3 rings (SSSR count). The summed E-state index contributed by atoms with van der Waals surface area (Å²) < 4.78 is 16.0. The molecule has 1 amide bonds. The van der Waals surface area contributed by atoms with Gasteiger partial charge in [0.05, 0.1) is 26.2 Å². The molecule has 0 saturated carbocycles. The van der Waals surface area contributed by atoms with Crippen LogP contribution in [0.4, 0.5) is 0 Å². The second kappa shape index (κ2) is 8.97. The Labute approximate surface area is 168 Å². The molecule has 2 unspecified atom stereocenters. The molecule has 7 heteroatoms. The molecular weight excluding hydrogens is 382 g/mol. The van der Waals surface area contributed by atoms with Crippen LogP contribution in [-0.2, 0) is 20.7 Å². The lowest BCUT2D eigenvalue weighted by Crippen LogP contribution is -2.40. The first-order valence-electron chi connectivity index (χ1n) is 9.05. The highest BCUT2D eigenvalue weighted by Gasteiger charge is 2.31. The predicted molar refractivity (Wildman–Crippen MR) is 105 cm³/mol. The quantitative estimate of drug-likeness (QED) is 0.716. The van der Waals surface area contributed by atoms with Gasteiger partial charge >= 0.3 is 5.97 Å². The number of ether oxygens (including phenoxy) is 3. The molecule has 0 radical (unpaired) electrons. The van der Waals surface area contributed by atoms with Crippen molar-refractivity contribution in [2.24, 2.45) is 0 Å². The first kappa shape index (κ1) is 20.0. The number of carbonyl (C=O) groups is 2. The number of hydrogen-bond donors (Lipinski definition) is 1. The third kappa shape index (κ3) is 4.75. The van der Waals surface area contributed by atoms with Crippen molar-refractivity contribution in [1.29, 1.82) is 0 Å². The summed E-state index contributed by atoms with van der Waals surface area (Å²) in [6, 6.07) is 11.9. The van der Waals surface area contributed by atoms with E-state index in [-0.39, 0.29) is 18.9 Å². The Morgan fingerprint density at radius 1 is 1.29 bits per heavy atom. The zero-order valence-corrected chi connectivity index (χ0v) is 16.5. The minimum Gasteiger partial charge on any atom is -0.497 e. The lowest BCUT2D eigenvalue weighted by Gasteiger charge is -2.21. The van der Waals surface area contributed by atoms with Crippen molar-refractivity contribution in [2.75, 3.05) is 13.7 Å². The maximum Gasteiger partial charge on any atom is 0.308 e. The molecule has 0 spiro atoms. The summed E-state index contributed by atoms with van der Waals surface area (Å²) >= 11 is 6.01. The van der Waals surface area contributed by atoms with E-state index < -0.39 is 18.1 Å². The smallest absolute Gasteiger partial charge is 0.308 e. The molecule has 1 aliphatic heterocycles. The van der Waals surface area contributed by atoms with E-state index in [0.717, 1.165) is 11.1 Å². The van der Waals surface area contributed by atoms with Gasteiger partial charge in [0.25, 0.3) is 5.91 Å². The molecule has 1 heterocycles. The number of carbonyl (C=O) groups excluding carboxylic acids is 2. The molecule has 0 fully saturated rings. The maximum atomic E-state index is 12.8. The van der Waals surface area contributed by atoms with Gasteiger partial charge < -0.3 is 19.5 Å². The van der Waals surface area contributed by atoms with E-state index >= 15 is 0 Å². The lowest BCUT2D eigenvalue weighted by molar-refractivity contribution is -0.144. The number of fused-ring (bicyclic) bond motifs is 1. The monoisotopic (exact) mass is 403 g/mol. The molecule has 2 aromatic carbocycles. The van der Waals surface area contributed by atoms with Crippen LogP contribution in [0.2, 0.25) is 5.02 Å². The van der Waals surface area contributed by atoms with Crippen LogP contribution in [-0.4, -0.2) is 31.7 Å². The summed E-state index contributed by atoms with van der Waals surface area (Å²) in [4.78, 5) is 24.9. The third-order valence-electron chi connectivity index (χ3n) is 4.48. The Morgan fingerprint density at radius 3 is 2.86 bits per heavy atom. The van der Waals surface area contributed by atoms with Crippen molar-refractivity contribution in [3.05, 3.63) is 58.6 Å². The van der Waals surface area contributed by atoms with Gasteiger partial charge in [-0.1, -0.05) is 23.7 Å². The Morgan fingerprint density at radius 2 is 2.11 bits per heavy atom. The topological polar surface area (TPSA) is 73.9 Å². The van der Waals surface area contributed by atoms with E-state index in [1.165, 1.54) is 0 Å². The van der Waals surface area contributed by atoms with Crippen LogP contribution in [0.15, 0.2) is 42.5 Å². The molecule has 2 aromatic rings. The van der Waals surface area contributed by atoms with Gasteiger partial charge in [0, 0.05) is 11.4 Å². The number of hydrogen-bond acceptors (Lipinski definition) is 5. The molecule has 2 atom stereocenters. The number of amides is 1. The summed E-state index contributed by atoms with van der Waals surface area (Å²) in [5.74, 6) is 0.593. The highest BCUT2D eigenvalue weighted by atomic mass is 35.5. The summed E-state index contributed by atoms with van der Waals surface area (Å²) in [6.45, 7) is 2.02. The number of halogens is 1. The number of rotatable bonds is 7. The van der Waals surface area contributed by atoms with Gasteiger partial charge in [0.15, 0.2) is 6.10 Å². The first-order chi connectivity index (χ1) is 13.5. The van der Waals surface area contributed by atoms with E-state index in [9.17, 15) is 9.59 Å². The average molecular weight is 404 g/mol. The minimum atomic E-state index is -0.677. The van der Waals surface area contributed by atoms with Crippen LogP contribution in [0.1, 0.15) is 30.5 Å². The van der Waals surface area contributed by atoms with Gasteiger partial charge in [-0.3, -0.25) is 9.59 Å². The fourth-order valence-electron chi connectivity index (χ4n) is 3.13. The number of nitrogens with one attached hydrogen (secondary N) is 1. The molecule has 0 bridgehead atoms. The fourth-order valence-corrected chi connectivity index (χ4v) is 3.32. The molecule has 0 aromatic heterocycles. The van der Waals surface area contributed by atoms with E-state index in [4.69, 9.17) is 25.8 Å². The van der Waals surface area contributed by atoms with Gasteiger partial charge in [-0.2, -0.15) is 0 Å². The first-order valence-corrected chi connectivity index (χ1v) is 9.43. The molecule has 28 heavy (non-hydrogen) atoms. The highest BCUT2D eigenvalue weighted by molar-refractivity contribution is 6.30. The molecule has 1 N–H and O–H groups in total. The van der Waals surface area contributed by atoms with Gasteiger partial charge in [0.1, 0.15) is 11.5 Å². The molecule has 0 aliphatic carbocycles. The predicted octanol–water partition coefficient (Wildman–Crippen LogP) is 3.46. The summed E-state index contributed by atoms with van der Waals surface area (Å²) in [5, 5.41) is 3.51. The number of methoxy groups -OCH3 is 1. The molecule has 148 valence electrons. The maximum absolute atomic E-state index is 12.8. The number of benzene rings is 2. The largest absolute Gasteiger partial charge is 0.497 e. The Balaban J connectivity index is 1.75. The fraction of sp³-hybridized carbons (Fsp3) is 0.333. The van der Waals surface area contributed by atoms with Gasteiger partial charge in [-0.05, 0) is 48.4 Å². The Kier molecular flexibility index (Phi) is 6.41. The Hall–Kier alpha value is -2.73. The van der Waals surface area contributed by atoms with Crippen molar-refractivity contribution in [3.63, 3.8) is 0 Å². The normalized spacial score (nSPS) is 15.9. The van der Waals surface area contributed by atoms with E-state index in [2.05, 4.69) is 5.32 Å². The molecular formula is C21H22ClNO5. The summed E-state index contributed by atoms with van der Waals surface area (Å²) in [6.07, 6.45) is -0.242. The molecule has 6 nitrogen and oxygen atoms in total. The van der Waals surface area contributed by atoms with E-state index in [0.29, 0.717) is 22.9 Å². The third-order valence-corrected chi connectivity index (χ3v) is 4.71. The molecule has 1 aliphatic rings. The SMILES string of the molecule is CCOC(=O)CC(NC(=O)C1Cc2cc(Cl)ccc2O1)c1cccc(OC)c1. The van der Waals surface area contributed by atoms with Crippen LogP contribution < -0.4 is 14.8 Å². The van der Waals surface area contributed by atoms with Crippen molar-refractivity contribution in [1.82, 2.24) is 5.32 Å². The lowest BCUT2D eigenvalue weighted by atomic mass is 10.0. The summed E-state index contributed by atoms with van der Waals surface area (Å²) in [5.41, 5.74) is 1.63. The van der Waals surface area contributed by atoms with Crippen molar-refractivity contribution in [2.45, 2.75) is 31.9 Å². The Bertz CT molecular complexity index is 870. The molecule has 0 saturated heterocycles. The minimum absolute atomic E-state index is 0.0121. The van der Waals surface area contributed by atoms with E-state index in [1.807, 2.05) is 12.1 Å². The van der Waals surface area contributed by atoms with Gasteiger partial charge in [-0.25, -0.2) is 0 Å². The summed E-state index contributed by atoms with van der Waals surface area (Å²) in [7, 11) is 1.56. The van der Waals surface area contributed by atoms with Crippen molar-refractivity contribution < 1.29 is 23.8 Å². The second-order valence-corrected chi connectivity index (χ2v) is 6.85. The van der Waals surface area contributed by atoms with Crippen LogP contribution in [0.3, 0.4) is 0 Å². The zero-order valence-electron chi connectivity index (χ0n) is 15.7. The van der Waals surface area contributed by atoms with Crippen LogP contribution >= 0.6 is 11.6 Å². The standard InChI is InChI=1S/C21H22ClNO5/c1-3-27-20(24)12-17(13-5-4-6-16(10-13)26-2)23-21(25)19-11-14-9-15(22)7-8-18(14)28-19/h4-10,17,19H,3,11-12H2,1-2H3,(H,23,25). The highest BCUT2D eigenvalue weighted by Crippen LogP contribution is 2.31. The van der Waals surface area contributed by atoms with Crippen LogP contribution in [0.25, 0.3) is 0 Å². The van der Waals surface area contributed by atoms with Crippen molar-refractivity contribution >= 4 is 23.5 Å². The van der Waals surface area contributed by atoms with Gasteiger partial charge in [-0.15, -0.1) is 0 Å². The zero-order chi connectivity index (χ0) is 20.1. The second-order valence-electron chi connectivity index (χ2n) is 6.41. The van der Waals surface area contributed by atoms with Crippen molar-refractivity contribution in [3.8, 4) is 11.5 Å². The van der Waals surface area contributed by atoms with Gasteiger partial charge in [0.2, 0.25) is 0 Å². The number of esters is 1. The van der Waals surface area contributed by atoms with E-state index in [1.54, 1.807) is 44.4 Å².